The van der Waals surface area contributed by atoms with Gasteiger partial charge in [-0.05, 0) is 18.8 Å². The minimum Gasteiger partial charge on any atom is -0.393 e. The van der Waals surface area contributed by atoms with E-state index in [4.69, 9.17) is 0 Å². The molecule has 0 amide bonds. The van der Waals surface area contributed by atoms with Crippen molar-refractivity contribution in [2.24, 2.45) is 5.92 Å². The van der Waals surface area contributed by atoms with Gasteiger partial charge >= 0.3 is 0 Å². The van der Waals surface area contributed by atoms with Gasteiger partial charge in [0.05, 0.1) is 6.10 Å². The van der Waals surface area contributed by atoms with E-state index in [9.17, 15) is 5.11 Å². The lowest BCUT2D eigenvalue weighted by atomic mass is 9.95. The zero-order chi connectivity index (χ0) is 15.1. The highest BCUT2D eigenvalue weighted by Gasteiger charge is 2.05. The van der Waals surface area contributed by atoms with Crippen molar-refractivity contribution in [1.29, 1.82) is 0 Å². The quantitative estimate of drug-likeness (QED) is 0.341. The lowest BCUT2D eigenvalue weighted by Crippen LogP contribution is -2.06. The smallest absolute Gasteiger partial charge is 0.0540 e. The minimum atomic E-state index is -0.0318. The third kappa shape index (κ3) is 13.0. The van der Waals surface area contributed by atoms with Crippen molar-refractivity contribution in [1.82, 2.24) is 0 Å². The molecule has 0 aromatic heterocycles. The van der Waals surface area contributed by atoms with Crippen molar-refractivity contribution in [3.8, 4) is 0 Å². The highest BCUT2D eigenvalue weighted by atomic mass is 16.3. The Balaban J connectivity index is 3.24. The SMILES string of the molecule is CCCCCCCC(O)CCCCCCC(CC)CC. The molecule has 1 nitrogen and oxygen atoms in total. The van der Waals surface area contributed by atoms with Crippen LogP contribution in [0.15, 0.2) is 0 Å². The molecule has 0 heterocycles. The fourth-order valence-corrected chi connectivity index (χ4v) is 2.99. The van der Waals surface area contributed by atoms with E-state index >= 15 is 0 Å². The molecule has 122 valence electrons. The molecule has 1 N–H and O–H groups in total. The van der Waals surface area contributed by atoms with E-state index in [1.807, 2.05) is 0 Å². The van der Waals surface area contributed by atoms with E-state index in [1.54, 1.807) is 0 Å². The Bertz CT molecular complexity index is 175. The Hall–Kier alpha value is -0.0400. The van der Waals surface area contributed by atoms with Crippen molar-refractivity contribution in [2.45, 2.75) is 117 Å². The molecule has 0 aliphatic heterocycles. The van der Waals surface area contributed by atoms with Crippen molar-refractivity contribution in [3.63, 3.8) is 0 Å². The van der Waals surface area contributed by atoms with Crippen LogP contribution in [0.5, 0.6) is 0 Å². The number of aliphatic hydroxyl groups excluding tert-OH is 1. The van der Waals surface area contributed by atoms with E-state index in [2.05, 4.69) is 20.8 Å². The summed E-state index contributed by atoms with van der Waals surface area (Å²) in [5, 5.41) is 9.93. The first kappa shape index (κ1) is 20.0. The first-order valence-corrected chi connectivity index (χ1v) is 9.42. The van der Waals surface area contributed by atoms with Crippen LogP contribution in [0.3, 0.4) is 0 Å². The van der Waals surface area contributed by atoms with Gasteiger partial charge in [-0.2, -0.15) is 0 Å². The molecule has 0 saturated heterocycles. The van der Waals surface area contributed by atoms with Crippen molar-refractivity contribution in [2.75, 3.05) is 0 Å². The largest absolute Gasteiger partial charge is 0.393 e. The standard InChI is InChI=1S/C19H40O/c1-4-7-8-9-13-16-19(20)17-14-11-10-12-15-18(5-2)6-3/h18-20H,4-17H2,1-3H3. The van der Waals surface area contributed by atoms with E-state index in [0.29, 0.717) is 0 Å². The fourth-order valence-electron chi connectivity index (χ4n) is 2.99. The molecule has 0 rings (SSSR count). The number of aliphatic hydroxyl groups is 1. The van der Waals surface area contributed by atoms with Gasteiger partial charge in [-0.25, -0.2) is 0 Å². The predicted molar refractivity (Wildman–Crippen MR) is 91.2 cm³/mol. The predicted octanol–water partition coefficient (Wildman–Crippen LogP) is 6.48. The second-order valence-corrected chi connectivity index (χ2v) is 6.53. The lowest BCUT2D eigenvalue weighted by molar-refractivity contribution is 0.147. The third-order valence-corrected chi connectivity index (χ3v) is 4.70. The van der Waals surface area contributed by atoms with Crippen molar-refractivity contribution in [3.05, 3.63) is 0 Å². The van der Waals surface area contributed by atoms with Crippen LogP contribution >= 0.6 is 0 Å². The van der Waals surface area contributed by atoms with Gasteiger partial charge < -0.3 is 5.11 Å². The van der Waals surface area contributed by atoms with Gasteiger partial charge in [0.25, 0.3) is 0 Å². The van der Waals surface area contributed by atoms with Crippen LogP contribution in [-0.2, 0) is 0 Å². The fraction of sp³-hybridized carbons (Fsp3) is 1.00. The second-order valence-electron chi connectivity index (χ2n) is 6.53. The molecule has 0 aliphatic carbocycles. The number of rotatable bonds is 15. The molecular formula is C19H40O. The highest BCUT2D eigenvalue weighted by Crippen LogP contribution is 2.18. The van der Waals surface area contributed by atoms with Gasteiger partial charge in [-0.3, -0.25) is 0 Å². The van der Waals surface area contributed by atoms with Crippen molar-refractivity contribution >= 4 is 0 Å². The van der Waals surface area contributed by atoms with Crippen LogP contribution < -0.4 is 0 Å². The summed E-state index contributed by atoms with van der Waals surface area (Å²) in [5.74, 6) is 0.948. The van der Waals surface area contributed by atoms with Crippen LogP contribution in [-0.4, -0.2) is 11.2 Å². The molecule has 0 fully saturated rings. The molecule has 1 atom stereocenters. The Morgan fingerprint density at radius 1 is 0.600 bits per heavy atom. The average molecular weight is 285 g/mol. The normalized spacial score (nSPS) is 13.1. The summed E-state index contributed by atoms with van der Waals surface area (Å²) in [7, 11) is 0. The Labute approximate surface area is 128 Å². The second kappa shape index (κ2) is 15.4. The molecular weight excluding hydrogens is 244 g/mol. The summed E-state index contributed by atoms with van der Waals surface area (Å²) in [6.07, 6.45) is 17.9. The van der Waals surface area contributed by atoms with Crippen LogP contribution in [0.25, 0.3) is 0 Å². The Morgan fingerprint density at radius 3 is 1.50 bits per heavy atom. The molecule has 20 heavy (non-hydrogen) atoms. The van der Waals surface area contributed by atoms with Crippen molar-refractivity contribution < 1.29 is 5.11 Å². The van der Waals surface area contributed by atoms with Gasteiger partial charge in [0.15, 0.2) is 0 Å². The van der Waals surface area contributed by atoms with E-state index in [1.165, 1.54) is 77.0 Å². The zero-order valence-corrected chi connectivity index (χ0v) is 14.5. The number of hydrogen-bond acceptors (Lipinski definition) is 1. The minimum absolute atomic E-state index is 0.0318. The van der Waals surface area contributed by atoms with Crippen LogP contribution in [0.1, 0.15) is 111 Å². The average Bonchev–Trinajstić information content (AvgIpc) is 2.46. The molecule has 1 heteroatoms. The Morgan fingerprint density at radius 2 is 1.05 bits per heavy atom. The van der Waals surface area contributed by atoms with Gasteiger partial charge in [0.2, 0.25) is 0 Å². The van der Waals surface area contributed by atoms with Gasteiger partial charge in [0, 0.05) is 0 Å². The molecule has 0 saturated carbocycles. The van der Waals surface area contributed by atoms with Crippen LogP contribution in [0.4, 0.5) is 0 Å². The summed E-state index contributed by atoms with van der Waals surface area (Å²) in [6, 6.07) is 0. The first-order valence-electron chi connectivity index (χ1n) is 9.42. The maximum Gasteiger partial charge on any atom is 0.0540 e. The Kier molecular flexibility index (Phi) is 15.3. The summed E-state index contributed by atoms with van der Waals surface area (Å²) >= 11 is 0. The number of hydrogen-bond donors (Lipinski definition) is 1. The van der Waals surface area contributed by atoms with Crippen LogP contribution in [0.2, 0.25) is 0 Å². The molecule has 0 spiro atoms. The third-order valence-electron chi connectivity index (χ3n) is 4.70. The van der Waals surface area contributed by atoms with E-state index < -0.39 is 0 Å². The molecule has 0 aromatic carbocycles. The van der Waals surface area contributed by atoms with Gasteiger partial charge in [0.1, 0.15) is 0 Å². The lowest BCUT2D eigenvalue weighted by Gasteiger charge is -2.12. The summed E-state index contributed by atoms with van der Waals surface area (Å²) < 4.78 is 0. The van der Waals surface area contributed by atoms with E-state index in [-0.39, 0.29) is 6.10 Å². The highest BCUT2D eigenvalue weighted by molar-refractivity contribution is 4.59. The molecule has 1 unspecified atom stereocenters. The first-order chi connectivity index (χ1) is 9.74. The summed E-state index contributed by atoms with van der Waals surface area (Å²) in [4.78, 5) is 0. The zero-order valence-electron chi connectivity index (χ0n) is 14.5. The molecule has 0 aromatic rings. The topological polar surface area (TPSA) is 20.2 Å². The molecule has 0 radical (unpaired) electrons. The van der Waals surface area contributed by atoms with Gasteiger partial charge in [-0.15, -0.1) is 0 Å². The molecule has 0 aliphatic rings. The number of unbranched alkanes of at least 4 members (excludes halogenated alkanes) is 7. The molecule has 0 bridgehead atoms. The van der Waals surface area contributed by atoms with Crippen LogP contribution in [0, 0.1) is 5.92 Å². The van der Waals surface area contributed by atoms with E-state index in [0.717, 1.165) is 18.8 Å². The summed E-state index contributed by atoms with van der Waals surface area (Å²) in [6.45, 7) is 6.87. The maximum absolute atomic E-state index is 9.93. The summed E-state index contributed by atoms with van der Waals surface area (Å²) in [5.41, 5.74) is 0. The van der Waals surface area contributed by atoms with Gasteiger partial charge in [-0.1, -0.05) is 97.8 Å². The maximum atomic E-state index is 9.93. The monoisotopic (exact) mass is 284 g/mol.